The molecule has 3 fully saturated rings. The summed E-state index contributed by atoms with van der Waals surface area (Å²) < 4.78 is 11.5. The van der Waals surface area contributed by atoms with E-state index >= 15 is 0 Å². The van der Waals surface area contributed by atoms with Crippen LogP contribution in [-0.2, 0) is 9.47 Å². The fraction of sp³-hybridized carbons (Fsp3) is 1.00. The van der Waals surface area contributed by atoms with Gasteiger partial charge in [-0.3, -0.25) is 0 Å². The van der Waals surface area contributed by atoms with Crippen LogP contribution in [0.3, 0.4) is 0 Å². The van der Waals surface area contributed by atoms with Crippen molar-refractivity contribution in [3.05, 3.63) is 0 Å². The van der Waals surface area contributed by atoms with Crippen LogP contribution in [0.25, 0.3) is 0 Å². The molecule has 5 atom stereocenters. The third kappa shape index (κ3) is 2.00. The number of hydrogen-bond acceptors (Lipinski definition) is 3. The van der Waals surface area contributed by atoms with Crippen molar-refractivity contribution in [1.29, 1.82) is 0 Å². The normalized spacial score (nSPS) is 44.2. The maximum atomic E-state index is 5.96. The van der Waals surface area contributed by atoms with Crippen LogP contribution >= 0.6 is 0 Å². The molecule has 1 aliphatic carbocycles. The van der Waals surface area contributed by atoms with E-state index in [1.54, 1.807) is 0 Å². The topological polar surface area (TPSA) is 30.5 Å². The predicted octanol–water partition coefficient (Wildman–Crippen LogP) is 2.20. The molecule has 5 unspecified atom stereocenters. The largest absolute Gasteiger partial charge is 0.381 e. The Labute approximate surface area is 111 Å². The van der Waals surface area contributed by atoms with Gasteiger partial charge in [-0.15, -0.1) is 0 Å². The molecular formula is C15H27NO2. The minimum atomic E-state index is 0.290. The van der Waals surface area contributed by atoms with E-state index in [-0.39, 0.29) is 0 Å². The van der Waals surface area contributed by atoms with Crippen LogP contribution < -0.4 is 5.32 Å². The fourth-order valence-electron chi connectivity index (χ4n) is 4.23. The molecule has 2 aliphatic heterocycles. The van der Waals surface area contributed by atoms with Crippen molar-refractivity contribution in [2.45, 2.75) is 58.2 Å². The van der Waals surface area contributed by atoms with E-state index in [1.165, 1.54) is 19.3 Å². The van der Waals surface area contributed by atoms with Gasteiger partial charge in [0.15, 0.2) is 0 Å². The smallest absolute Gasteiger partial charge is 0.0684 e. The Bertz CT molecular complexity index is 299. The minimum Gasteiger partial charge on any atom is -0.381 e. The van der Waals surface area contributed by atoms with Gasteiger partial charge in [-0.05, 0) is 32.1 Å². The summed E-state index contributed by atoms with van der Waals surface area (Å²) in [5.41, 5.74) is 0.290. The van der Waals surface area contributed by atoms with Crippen LogP contribution in [0.1, 0.15) is 40.0 Å². The van der Waals surface area contributed by atoms with Crippen LogP contribution in [-0.4, -0.2) is 38.0 Å². The van der Waals surface area contributed by atoms with Gasteiger partial charge in [0.25, 0.3) is 0 Å². The molecule has 3 heteroatoms. The third-order valence-corrected chi connectivity index (χ3v) is 5.45. The van der Waals surface area contributed by atoms with Crippen molar-refractivity contribution in [1.82, 2.24) is 5.32 Å². The van der Waals surface area contributed by atoms with E-state index in [1.807, 2.05) is 0 Å². The molecule has 0 aromatic carbocycles. The molecule has 1 saturated carbocycles. The van der Waals surface area contributed by atoms with Crippen molar-refractivity contribution in [2.75, 3.05) is 19.8 Å². The Morgan fingerprint density at radius 1 is 1.22 bits per heavy atom. The summed E-state index contributed by atoms with van der Waals surface area (Å²) in [6, 6.07) is 1.19. The van der Waals surface area contributed by atoms with Crippen molar-refractivity contribution in [3.8, 4) is 0 Å². The molecular weight excluding hydrogens is 226 g/mol. The number of ether oxygens (including phenoxy) is 2. The van der Waals surface area contributed by atoms with E-state index in [0.717, 1.165) is 25.7 Å². The lowest BCUT2D eigenvalue weighted by molar-refractivity contribution is -0.195. The zero-order chi connectivity index (χ0) is 12.8. The van der Waals surface area contributed by atoms with Crippen LogP contribution in [0.5, 0.6) is 0 Å². The SMILES string of the molecule is CC(NC1C2CCCOC2C1(C)C)C1CCOC1. The highest BCUT2D eigenvalue weighted by atomic mass is 16.5. The highest BCUT2D eigenvalue weighted by Crippen LogP contribution is 2.51. The molecule has 1 N–H and O–H groups in total. The number of rotatable bonds is 3. The molecule has 3 aliphatic rings. The maximum absolute atomic E-state index is 5.96. The Kier molecular flexibility index (Phi) is 3.41. The van der Waals surface area contributed by atoms with Gasteiger partial charge in [0.1, 0.15) is 0 Å². The van der Waals surface area contributed by atoms with Gasteiger partial charge in [-0.1, -0.05) is 13.8 Å². The standard InChI is InChI=1S/C15H27NO2/c1-10(11-6-8-17-9-11)16-13-12-5-4-7-18-14(12)15(13,2)3/h10-14,16H,4-9H2,1-3H3. The molecule has 0 aromatic heterocycles. The highest BCUT2D eigenvalue weighted by molar-refractivity contribution is 5.10. The van der Waals surface area contributed by atoms with E-state index < -0.39 is 0 Å². The minimum absolute atomic E-state index is 0.290. The van der Waals surface area contributed by atoms with E-state index in [0.29, 0.717) is 29.5 Å². The Hall–Kier alpha value is -0.120. The lowest BCUT2D eigenvalue weighted by atomic mass is 9.55. The summed E-state index contributed by atoms with van der Waals surface area (Å²) in [5.74, 6) is 1.43. The number of nitrogens with one attached hydrogen (secondary N) is 1. The maximum Gasteiger partial charge on any atom is 0.0684 e. The van der Waals surface area contributed by atoms with Gasteiger partial charge in [0.05, 0.1) is 12.7 Å². The van der Waals surface area contributed by atoms with Crippen molar-refractivity contribution in [3.63, 3.8) is 0 Å². The molecule has 0 amide bonds. The third-order valence-electron chi connectivity index (χ3n) is 5.45. The molecule has 0 radical (unpaired) electrons. The molecule has 2 saturated heterocycles. The van der Waals surface area contributed by atoms with Crippen LogP contribution in [0, 0.1) is 17.3 Å². The van der Waals surface area contributed by atoms with E-state index in [9.17, 15) is 0 Å². The first-order valence-corrected chi connectivity index (χ1v) is 7.56. The van der Waals surface area contributed by atoms with E-state index in [2.05, 4.69) is 26.1 Å². The van der Waals surface area contributed by atoms with Gasteiger partial charge >= 0.3 is 0 Å². The molecule has 3 rings (SSSR count). The Balaban J connectivity index is 1.61. The molecule has 3 nitrogen and oxygen atoms in total. The van der Waals surface area contributed by atoms with Crippen LogP contribution in [0.15, 0.2) is 0 Å². The molecule has 18 heavy (non-hydrogen) atoms. The molecule has 104 valence electrons. The quantitative estimate of drug-likeness (QED) is 0.836. The first-order chi connectivity index (χ1) is 8.60. The first-order valence-electron chi connectivity index (χ1n) is 7.56. The van der Waals surface area contributed by atoms with Crippen molar-refractivity contribution in [2.24, 2.45) is 17.3 Å². The second kappa shape index (κ2) is 4.77. The lowest BCUT2D eigenvalue weighted by Crippen LogP contribution is -2.70. The zero-order valence-electron chi connectivity index (χ0n) is 11.9. The Morgan fingerprint density at radius 3 is 2.78 bits per heavy atom. The monoisotopic (exact) mass is 253 g/mol. The second-order valence-corrected chi connectivity index (χ2v) is 6.98. The van der Waals surface area contributed by atoms with Crippen LogP contribution in [0.2, 0.25) is 0 Å². The molecule has 0 spiro atoms. The number of fused-ring (bicyclic) bond motifs is 1. The van der Waals surface area contributed by atoms with Gasteiger partial charge in [-0.25, -0.2) is 0 Å². The van der Waals surface area contributed by atoms with E-state index in [4.69, 9.17) is 9.47 Å². The zero-order valence-corrected chi connectivity index (χ0v) is 11.9. The second-order valence-electron chi connectivity index (χ2n) is 6.98. The average molecular weight is 253 g/mol. The lowest BCUT2D eigenvalue weighted by Gasteiger charge is -2.61. The van der Waals surface area contributed by atoms with Gasteiger partial charge in [0.2, 0.25) is 0 Å². The van der Waals surface area contributed by atoms with Crippen LogP contribution in [0.4, 0.5) is 0 Å². The molecule has 0 bridgehead atoms. The summed E-state index contributed by atoms with van der Waals surface area (Å²) in [5, 5.41) is 3.89. The summed E-state index contributed by atoms with van der Waals surface area (Å²) in [6.45, 7) is 9.88. The molecule has 2 heterocycles. The van der Waals surface area contributed by atoms with Crippen molar-refractivity contribution >= 4 is 0 Å². The first kappa shape index (κ1) is 12.9. The summed E-state index contributed by atoms with van der Waals surface area (Å²) in [6.07, 6.45) is 4.26. The Morgan fingerprint density at radius 2 is 2.06 bits per heavy atom. The summed E-state index contributed by atoms with van der Waals surface area (Å²) in [4.78, 5) is 0. The summed E-state index contributed by atoms with van der Waals surface area (Å²) in [7, 11) is 0. The highest BCUT2D eigenvalue weighted by Gasteiger charge is 2.58. The predicted molar refractivity (Wildman–Crippen MR) is 71.6 cm³/mol. The number of hydrogen-bond donors (Lipinski definition) is 1. The molecule has 0 aromatic rings. The van der Waals surface area contributed by atoms with Gasteiger partial charge in [0, 0.05) is 36.6 Å². The van der Waals surface area contributed by atoms with Gasteiger partial charge < -0.3 is 14.8 Å². The summed E-state index contributed by atoms with van der Waals surface area (Å²) >= 11 is 0. The van der Waals surface area contributed by atoms with Gasteiger partial charge in [-0.2, -0.15) is 0 Å². The fourth-order valence-corrected chi connectivity index (χ4v) is 4.23. The average Bonchev–Trinajstić information content (AvgIpc) is 2.89. The van der Waals surface area contributed by atoms with Crippen molar-refractivity contribution < 1.29 is 9.47 Å².